The number of rotatable bonds is 7. The van der Waals surface area contributed by atoms with Crippen molar-refractivity contribution in [3.8, 4) is 5.75 Å². The number of pyridine rings is 1. The van der Waals surface area contributed by atoms with Crippen LogP contribution in [0.3, 0.4) is 0 Å². The largest absolute Gasteiger partial charge is 0.434 e. The molecule has 0 fully saturated rings. The summed E-state index contributed by atoms with van der Waals surface area (Å²) in [7, 11) is 0. The number of nitrogens with zero attached hydrogens (tertiary/aromatic N) is 3. The first-order valence-electron chi connectivity index (χ1n) is 9.05. The molecule has 0 aliphatic heterocycles. The number of hydrogen-bond acceptors (Lipinski definition) is 3. The first-order valence-corrected chi connectivity index (χ1v) is 9.05. The minimum absolute atomic E-state index is 0.132. The molecule has 0 aliphatic carbocycles. The Labute approximate surface area is 162 Å². The lowest BCUT2D eigenvalue weighted by Crippen LogP contribution is -2.36. The molecule has 148 valence electrons. The van der Waals surface area contributed by atoms with Gasteiger partial charge in [-0.15, -0.1) is 0 Å². The molecule has 0 bridgehead atoms. The molecule has 0 radical (unpaired) electrons. The highest BCUT2D eigenvalue weighted by Gasteiger charge is 2.09. The smallest absolute Gasteiger partial charge is 0.387 e. The van der Waals surface area contributed by atoms with Gasteiger partial charge < -0.3 is 19.8 Å². The first-order chi connectivity index (χ1) is 13.6. The second kappa shape index (κ2) is 9.16. The highest BCUT2D eigenvalue weighted by atomic mass is 19.3. The van der Waals surface area contributed by atoms with Crippen LogP contribution in [0.25, 0.3) is 5.65 Å². The number of hydrogen-bond donors (Lipinski definition) is 2. The van der Waals surface area contributed by atoms with E-state index >= 15 is 0 Å². The normalized spacial score (nSPS) is 11.8. The number of imidazole rings is 1. The minimum Gasteiger partial charge on any atom is -0.434 e. The molecule has 0 spiro atoms. The molecule has 2 heterocycles. The van der Waals surface area contributed by atoms with Crippen molar-refractivity contribution < 1.29 is 13.5 Å². The van der Waals surface area contributed by atoms with Gasteiger partial charge in [0.25, 0.3) is 0 Å². The summed E-state index contributed by atoms with van der Waals surface area (Å²) < 4.78 is 31.7. The number of aryl methyl sites for hydroxylation is 1. The summed E-state index contributed by atoms with van der Waals surface area (Å²) >= 11 is 0. The number of aromatic nitrogens is 2. The van der Waals surface area contributed by atoms with E-state index in [1.807, 2.05) is 42.6 Å². The van der Waals surface area contributed by atoms with Crippen LogP contribution in [0.5, 0.6) is 5.75 Å². The number of fused-ring (bicyclic) bond motifs is 1. The Hall–Kier alpha value is -3.16. The molecular weight excluding hydrogens is 364 g/mol. The van der Waals surface area contributed by atoms with Crippen molar-refractivity contribution >= 4 is 11.6 Å². The van der Waals surface area contributed by atoms with E-state index in [2.05, 4.69) is 25.3 Å². The summed E-state index contributed by atoms with van der Waals surface area (Å²) in [6, 6.07) is 12.6. The molecular formula is C20H23F2N5O. The third-order valence-electron chi connectivity index (χ3n) is 4.12. The van der Waals surface area contributed by atoms with Crippen LogP contribution in [0.1, 0.15) is 23.9 Å². The molecule has 0 aliphatic rings. The van der Waals surface area contributed by atoms with Crippen LogP contribution in [-0.4, -0.2) is 28.5 Å². The van der Waals surface area contributed by atoms with Crippen LogP contribution in [-0.2, 0) is 13.1 Å². The average molecular weight is 387 g/mol. The maximum absolute atomic E-state index is 12.6. The van der Waals surface area contributed by atoms with E-state index in [0.717, 1.165) is 17.0 Å². The molecule has 1 aromatic carbocycles. The molecule has 0 atom stereocenters. The molecule has 8 heteroatoms. The molecule has 28 heavy (non-hydrogen) atoms. The Balaban J connectivity index is 1.70. The second-order valence-electron chi connectivity index (χ2n) is 6.16. The Kier molecular flexibility index (Phi) is 6.41. The minimum atomic E-state index is -2.87. The van der Waals surface area contributed by atoms with Crippen LogP contribution in [0, 0.1) is 6.92 Å². The number of halogens is 2. The Morgan fingerprint density at radius 1 is 1.18 bits per heavy atom. The summed E-state index contributed by atoms with van der Waals surface area (Å²) in [5.41, 5.74) is 3.45. The van der Waals surface area contributed by atoms with Gasteiger partial charge in [0.2, 0.25) is 0 Å². The predicted octanol–water partition coefficient (Wildman–Crippen LogP) is 3.50. The highest BCUT2D eigenvalue weighted by molar-refractivity contribution is 5.79. The monoisotopic (exact) mass is 387 g/mol. The quantitative estimate of drug-likeness (QED) is 0.481. The van der Waals surface area contributed by atoms with Crippen molar-refractivity contribution in [2.24, 2.45) is 4.99 Å². The molecule has 0 amide bonds. The molecule has 6 nitrogen and oxygen atoms in total. The van der Waals surface area contributed by atoms with E-state index < -0.39 is 6.61 Å². The third-order valence-corrected chi connectivity index (χ3v) is 4.12. The molecule has 3 aromatic rings. The molecule has 0 saturated carbocycles. The van der Waals surface area contributed by atoms with Gasteiger partial charge in [-0.05, 0) is 32.0 Å². The number of benzene rings is 1. The lowest BCUT2D eigenvalue weighted by atomic mass is 10.2. The van der Waals surface area contributed by atoms with E-state index in [9.17, 15) is 8.78 Å². The molecule has 2 N–H and O–H groups in total. The molecule has 3 rings (SSSR count). The van der Waals surface area contributed by atoms with E-state index in [1.54, 1.807) is 18.2 Å². The van der Waals surface area contributed by atoms with Crippen molar-refractivity contribution in [2.45, 2.75) is 33.5 Å². The van der Waals surface area contributed by atoms with Crippen LogP contribution in [0.2, 0.25) is 0 Å². The standard InChI is InChI=1S/C20H23F2N5O/c1-3-23-20(24-11-15-8-4-5-9-17(15)28-19(21)22)25-12-16-13-27-14(2)7-6-10-18(27)26-16/h4-10,13,19H,3,11-12H2,1-2H3,(H2,23,24,25). The highest BCUT2D eigenvalue weighted by Crippen LogP contribution is 2.21. The number of ether oxygens (including phenoxy) is 1. The maximum Gasteiger partial charge on any atom is 0.387 e. The summed E-state index contributed by atoms with van der Waals surface area (Å²) in [5, 5.41) is 6.37. The van der Waals surface area contributed by atoms with E-state index in [4.69, 9.17) is 0 Å². The molecule has 0 unspecified atom stereocenters. The van der Waals surface area contributed by atoms with Gasteiger partial charge in [0.15, 0.2) is 5.96 Å². The van der Waals surface area contributed by atoms with Gasteiger partial charge in [-0.25, -0.2) is 9.98 Å². The maximum atomic E-state index is 12.6. The fourth-order valence-electron chi connectivity index (χ4n) is 2.81. The van der Waals surface area contributed by atoms with E-state index in [1.165, 1.54) is 6.07 Å². The van der Waals surface area contributed by atoms with Crippen LogP contribution < -0.4 is 15.4 Å². The fourth-order valence-corrected chi connectivity index (χ4v) is 2.81. The Bertz CT molecular complexity index is 955. The summed E-state index contributed by atoms with van der Waals surface area (Å²) in [5.74, 6) is 0.705. The van der Waals surface area contributed by atoms with Gasteiger partial charge >= 0.3 is 6.61 Å². The van der Waals surface area contributed by atoms with Crippen molar-refractivity contribution in [1.29, 1.82) is 0 Å². The summed E-state index contributed by atoms with van der Waals surface area (Å²) in [6.45, 7) is 2.49. The SMILES string of the molecule is CCNC(=NCc1ccccc1OC(F)F)NCc1cn2c(C)cccc2n1. The lowest BCUT2D eigenvalue weighted by molar-refractivity contribution is -0.0504. The van der Waals surface area contributed by atoms with Crippen LogP contribution in [0.15, 0.2) is 53.7 Å². The van der Waals surface area contributed by atoms with Crippen molar-refractivity contribution in [3.05, 3.63) is 65.6 Å². The zero-order valence-electron chi connectivity index (χ0n) is 15.8. The summed E-state index contributed by atoms with van der Waals surface area (Å²) in [4.78, 5) is 9.06. The number of guanidine groups is 1. The van der Waals surface area contributed by atoms with Crippen LogP contribution >= 0.6 is 0 Å². The zero-order valence-corrected chi connectivity index (χ0v) is 15.8. The number of nitrogens with one attached hydrogen (secondary N) is 2. The van der Waals surface area contributed by atoms with Gasteiger partial charge in [-0.1, -0.05) is 24.3 Å². The van der Waals surface area contributed by atoms with Gasteiger partial charge in [0.05, 0.1) is 18.8 Å². The number of para-hydroxylation sites is 1. The van der Waals surface area contributed by atoms with E-state index in [0.29, 0.717) is 24.6 Å². The Morgan fingerprint density at radius 3 is 2.75 bits per heavy atom. The third kappa shape index (κ3) is 4.97. The molecule has 0 saturated heterocycles. The zero-order chi connectivity index (χ0) is 19.9. The topological polar surface area (TPSA) is 63.0 Å². The van der Waals surface area contributed by atoms with Crippen molar-refractivity contribution in [3.63, 3.8) is 0 Å². The first kappa shape index (κ1) is 19.6. The van der Waals surface area contributed by atoms with Gasteiger partial charge in [-0.3, -0.25) is 0 Å². The van der Waals surface area contributed by atoms with Crippen molar-refractivity contribution in [1.82, 2.24) is 20.0 Å². The second-order valence-corrected chi connectivity index (χ2v) is 6.16. The average Bonchev–Trinajstić information content (AvgIpc) is 3.09. The Morgan fingerprint density at radius 2 is 2.00 bits per heavy atom. The lowest BCUT2D eigenvalue weighted by Gasteiger charge is -2.12. The van der Waals surface area contributed by atoms with Crippen molar-refractivity contribution in [2.75, 3.05) is 6.54 Å². The number of aliphatic imine (C=N–C) groups is 1. The molecule has 2 aromatic heterocycles. The van der Waals surface area contributed by atoms with Crippen LogP contribution in [0.4, 0.5) is 8.78 Å². The van der Waals surface area contributed by atoms with Gasteiger partial charge in [0, 0.05) is 24.0 Å². The summed E-state index contributed by atoms with van der Waals surface area (Å²) in [6.07, 6.45) is 1.98. The van der Waals surface area contributed by atoms with E-state index in [-0.39, 0.29) is 12.3 Å². The number of alkyl halides is 2. The van der Waals surface area contributed by atoms with Gasteiger partial charge in [-0.2, -0.15) is 8.78 Å². The van der Waals surface area contributed by atoms with Gasteiger partial charge in [0.1, 0.15) is 11.4 Å². The predicted molar refractivity (Wildman–Crippen MR) is 105 cm³/mol. The fraction of sp³-hybridized carbons (Fsp3) is 0.300.